The van der Waals surface area contributed by atoms with Crippen LogP contribution in [0, 0.1) is 11.7 Å². The maximum atomic E-state index is 13.5. The minimum Gasteiger partial charge on any atom is -0.371 e. The minimum absolute atomic E-state index is 0.171. The number of amides is 2. The van der Waals surface area contributed by atoms with Crippen LogP contribution in [0.4, 0.5) is 15.8 Å². The quantitative estimate of drug-likeness (QED) is 0.257. The Balaban J connectivity index is 1.30. The van der Waals surface area contributed by atoms with E-state index in [2.05, 4.69) is 39.8 Å². The highest BCUT2D eigenvalue weighted by Gasteiger charge is 2.24. The van der Waals surface area contributed by atoms with Gasteiger partial charge in [0.1, 0.15) is 5.82 Å². The fraction of sp³-hybridized carbons (Fsp3) is 0.235. The van der Waals surface area contributed by atoms with Crippen molar-refractivity contribution in [2.45, 2.75) is 25.7 Å². The van der Waals surface area contributed by atoms with Gasteiger partial charge in [-0.1, -0.05) is 60.7 Å². The monoisotopic (exact) mass is 535 g/mol. The molecular weight excluding hydrogens is 501 g/mol. The number of hydrogen-bond acceptors (Lipinski definition) is 3. The molecule has 1 heterocycles. The normalized spacial score (nSPS) is 13.6. The Morgan fingerprint density at radius 2 is 1.43 bits per heavy atom. The fourth-order valence-electron chi connectivity index (χ4n) is 5.26. The van der Waals surface area contributed by atoms with Gasteiger partial charge in [-0.2, -0.15) is 0 Å². The van der Waals surface area contributed by atoms with Crippen LogP contribution in [0.25, 0.3) is 0 Å². The lowest BCUT2D eigenvalue weighted by molar-refractivity contribution is 0.0953. The predicted octanol–water partition coefficient (Wildman–Crippen LogP) is 6.51. The summed E-state index contributed by atoms with van der Waals surface area (Å²) in [4.78, 5) is 28.5. The van der Waals surface area contributed by atoms with Crippen molar-refractivity contribution in [3.05, 3.63) is 131 Å². The van der Waals surface area contributed by atoms with Crippen molar-refractivity contribution in [2.75, 3.05) is 29.9 Å². The van der Waals surface area contributed by atoms with Crippen molar-refractivity contribution >= 4 is 23.2 Å². The first-order valence-electron chi connectivity index (χ1n) is 13.9. The standard InChI is InChI=1S/C34H34FN3O2/c35-29-13-11-28(12-14-29)33(39)37-30-15-16-32(31(24-30)34(40)36-20-17-25-7-3-1-4-8-25)38-21-18-27(19-22-38)23-26-9-5-2-6-10-26/h1-16,24,27H,17-23H2,(H,36,40)(H,37,39). The number of piperidine rings is 1. The minimum atomic E-state index is -0.400. The molecule has 0 bridgehead atoms. The van der Waals surface area contributed by atoms with Crippen LogP contribution in [-0.4, -0.2) is 31.4 Å². The highest BCUT2D eigenvalue weighted by Crippen LogP contribution is 2.30. The van der Waals surface area contributed by atoms with Gasteiger partial charge in [0, 0.05) is 36.6 Å². The Labute approximate surface area is 235 Å². The average molecular weight is 536 g/mol. The highest BCUT2D eigenvalue weighted by molar-refractivity contribution is 6.06. The molecule has 204 valence electrons. The Morgan fingerprint density at radius 3 is 2.10 bits per heavy atom. The van der Waals surface area contributed by atoms with Crippen LogP contribution >= 0.6 is 0 Å². The molecule has 1 aliphatic heterocycles. The summed E-state index contributed by atoms with van der Waals surface area (Å²) in [5.74, 6) is -0.320. The van der Waals surface area contributed by atoms with E-state index >= 15 is 0 Å². The maximum Gasteiger partial charge on any atom is 0.255 e. The third-order valence-corrected chi connectivity index (χ3v) is 7.47. The molecule has 1 aliphatic rings. The van der Waals surface area contributed by atoms with Gasteiger partial charge >= 0.3 is 0 Å². The van der Waals surface area contributed by atoms with E-state index in [1.165, 1.54) is 29.8 Å². The molecule has 2 amide bonds. The van der Waals surface area contributed by atoms with Crippen molar-refractivity contribution in [1.29, 1.82) is 0 Å². The molecule has 0 radical (unpaired) electrons. The number of nitrogens with one attached hydrogen (secondary N) is 2. The third-order valence-electron chi connectivity index (χ3n) is 7.47. The van der Waals surface area contributed by atoms with Gasteiger partial charge in [0.25, 0.3) is 11.8 Å². The fourth-order valence-corrected chi connectivity index (χ4v) is 5.26. The van der Waals surface area contributed by atoms with E-state index in [1.54, 1.807) is 6.07 Å². The van der Waals surface area contributed by atoms with Crippen molar-refractivity contribution < 1.29 is 14.0 Å². The summed E-state index contributed by atoms with van der Waals surface area (Å²) in [5, 5.41) is 5.93. The molecule has 0 atom stereocenters. The SMILES string of the molecule is O=C(Nc1ccc(N2CCC(Cc3ccccc3)CC2)c(C(=O)NCCc2ccccc2)c1)c1ccc(F)cc1. The zero-order valence-electron chi connectivity index (χ0n) is 22.5. The van der Waals surface area contributed by atoms with Crippen molar-refractivity contribution in [3.8, 4) is 0 Å². The van der Waals surface area contributed by atoms with E-state index in [0.29, 0.717) is 29.3 Å². The zero-order valence-corrected chi connectivity index (χ0v) is 22.5. The molecule has 1 fully saturated rings. The smallest absolute Gasteiger partial charge is 0.255 e. The molecule has 4 aromatic carbocycles. The Bertz CT molecular complexity index is 1420. The topological polar surface area (TPSA) is 61.4 Å². The van der Waals surface area contributed by atoms with Crippen LogP contribution in [0.5, 0.6) is 0 Å². The number of nitrogens with zero attached hydrogens (tertiary/aromatic N) is 1. The molecule has 0 saturated carbocycles. The Morgan fingerprint density at radius 1 is 0.775 bits per heavy atom. The first kappa shape index (κ1) is 27.1. The van der Waals surface area contributed by atoms with E-state index in [0.717, 1.165) is 50.0 Å². The van der Waals surface area contributed by atoms with Crippen LogP contribution in [0.15, 0.2) is 103 Å². The number of halogens is 1. The Hall–Kier alpha value is -4.45. The summed E-state index contributed by atoms with van der Waals surface area (Å²) in [6.45, 7) is 2.24. The molecule has 0 spiro atoms. The summed E-state index contributed by atoms with van der Waals surface area (Å²) in [5.41, 5.74) is 4.79. The average Bonchev–Trinajstić information content (AvgIpc) is 2.99. The molecule has 40 heavy (non-hydrogen) atoms. The molecule has 4 aromatic rings. The van der Waals surface area contributed by atoms with Crippen LogP contribution in [0.1, 0.15) is 44.7 Å². The second-order valence-corrected chi connectivity index (χ2v) is 10.3. The second-order valence-electron chi connectivity index (χ2n) is 10.3. The lowest BCUT2D eigenvalue weighted by atomic mass is 9.89. The van der Waals surface area contributed by atoms with Crippen molar-refractivity contribution in [1.82, 2.24) is 5.32 Å². The highest BCUT2D eigenvalue weighted by atomic mass is 19.1. The summed E-state index contributed by atoms with van der Waals surface area (Å²) in [7, 11) is 0. The predicted molar refractivity (Wildman–Crippen MR) is 158 cm³/mol. The van der Waals surface area contributed by atoms with Crippen LogP contribution in [0.2, 0.25) is 0 Å². The third kappa shape index (κ3) is 7.14. The summed E-state index contributed by atoms with van der Waals surface area (Å²) in [6.07, 6.45) is 3.89. The Kier molecular flexibility index (Phi) is 8.86. The van der Waals surface area contributed by atoms with E-state index < -0.39 is 5.82 Å². The summed E-state index contributed by atoms with van der Waals surface area (Å²) in [6, 6.07) is 31.5. The van der Waals surface area contributed by atoms with Gasteiger partial charge in [-0.15, -0.1) is 0 Å². The van der Waals surface area contributed by atoms with Crippen molar-refractivity contribution in [2.24, 2.45) is 5.92 Å². The number of hydrogen-bond donors (Lipinski definition) is 2. The molecule has 0 aromatic heterocycles. The molecule has 2 N–H and O–H groups in total. The molecule has 5 rings (SSSR count). The van der Waals surface area contributed by atoms with Gasteiger partial charge in [0.15, 0.2) is 0 Å². The van der Waals surface area contributed by atoms with Gasteiger partial charge in [-0.25, -0.2) is 4.39 Å². The summed E-state index contributed by atoms with van der Waals surface area (Å²) < 4.78 is 13.3. The molecule has 1 saturated heterocycles. The molecule has 0 aliphatic carbocycles. The number of carbonyl (C=O) groups is 2. The first-order chi connectivity index (χ1) is 19.5. The van der Waals surface area contributed by atoms with E-state index in [-0.39, 0.29) is 11.8 Å². The zero-order chi connectivity index (χ0) is 27.7. The van der Waals surface area contributed by atoms with Crippen molar-refractivity contribution in [3.63, 3.8) is 0 Å². The molecular formula is C34H34FN3O2. The largest absolute Gasteiger partial charge is 0.371 e. The molecule has 6 heteroatoms. The maximum absolute atomic E-state index is 13.5. The van der Waals surface area contributed by atoms with Gasteiger partial charge in [0.2, 0.25) is 0 Å². The van der Waals surface area contributed by atoms with Gasteiger partial charge in [0.05, 0.1) is 5.56 Å². The number of carbonyl (C=O) groups excluding carboxylic acids is 2. The van der Waals surface area contributed by atoms with Crippen LogP contribution in [0.3, 0.4) is 0 Å². The lowest BCUT2D eigenvalue weighted by Gasteiger charge is -2.35. The first-order valence-corrected chi connectivity index (χ1v) is 13.9. The second kappa shape index (κ2) is 13.1. The van der Waals surface area contributed by atoms with E-state index in [4.69, 9.17) is 0 Å². The van der Waals surface area contributed by atoms with Gasteiger partial charge < -0.3 is 15.5 Å². The van der Waals surface area contributed by atoms with Gasteiger partial charge in [-0.05, 0) is 85.2 Å². The number of rotatable bonds is 9. The van der Waals surface area contributed by atoms with Gasteiger partial charge in [-0.3, -0.25) is 9.59 Å². The summed E-state index contributed by atoms with van der Waals surface area (Å²) >= 11 is 0. The van der Waals surface area contributed by atoms with Crippen LogP contribution < -0.4 is 15.5 Å². The number of benzene rings is 4. The molecule has 5 nitrogen and oxygen atoms in total. The molecule has 0 unspecified atom stereocenters. The van der Waals surface area contributed by atoms with Crippen LogP contribution in [-0.2, 0) is 12.8 Å². The van der Waals surface area contributed by atoms with E-state index in [9.17, 15) is 14.0 Å². The van der Waals surface area contributed by atoms with E-state index in [1.807, 2.05) is 48.5 Å². The number of anilines is 2. The lowest BCUT2D eigenvalue weighted by Crippen LogP contribution is -2.36.